The van der Waals surface area contributed by atoms with Crippen molar-refractivity contribution in [3.63, 3.8) is 0 Å². The first kappa shape index (κ1) is 26.5. The Morgan fingerprint density at radius 2 is 1.82 bits per heavy atom. The van der Waals surface area contributed by atoms with Gasteiger partial charge in [0.2, 0.25) is 5.91 Å². The van der Waals surface area contributed by atoms with Crippen LogP contribution in [0, 0.1) is 11.3 Å². The second-order valence-electron chi connectivity index (χ2n) is 9.61. The number of carbonyl (C=O) groups excluding carboxylic acids is 2. The summed E-state index contributed by atoms with van der Waals surface area (Å²) >= 11 is 0. The van der Waals surface area contributed by atoms with Gasteiger partial charge in [-0.3, -0.25) is 4.79 Å². The Kier molecular flexibility index (Phi) is 8.01. The average Bonchev–Trinajstić information content (AvgIpc) is 3.19. The molecule has 1 N–H and O–H groups in total. The Bertz CT molecular complexity index is 1010. The van der Waals surface area contributed by atoms with Crippen LogP contribution in [-0.4, -0.2) is 61.4 Å². The zero-order valence-corrected chi connectivity index (χ0v) is 20.9. The van der Waals surface area contributed by atoms with Gasteiger partial charge in [0.25, 0.3) is 0 Å². The predicted molar refractivity (Wildman–Crippen MR) is 123 cm³/mol. The fourth-order valence-corrected chi connectivity index (χ4v) is 5.12. The van der Waals surface area contributed by atoms with Crippen LogP contribution in [0.5, 0.6) is 5.75 Å². The number of hydrogen-bond donors (Lipinski definition) is 1. The zero-order chi connectivity index (χ0) is 25.0. The Hall–Kier alpha value is -2.80. The van der Waals surface area contributed by atoms with Crippen molar-refractivity contribution in [2.75, 3.05) is 13.7 Å². The van der Waals surface area contributed by atoms with E-state index in [2.05, 4.69) is 11.4 Å². The molecule has 1 aromatic rings. The first-order chi connectivity index (χ1) is 15.2. The SMILES string of the molecule is COc1ccc(CS(=O)(=O)C(C)(C)[C@H](NC(=O)OC(C)(C)C)C(=O)N2CCC[C@H]2C#N)cc1. The van der Waals surface area contributed by atoms with Gasteiger partial charge in [-0.1, -0.05) is 12.1 Å². The number of ether oxygens (including phenoxy) is 2. The molecule has 2 atom stereocenters. The van der Waals surface area contributed by atoms with Crippen LogP contribution in [0.4, 0.5) is 4.79 Å². The quantitative estimate of drug-likeness (QED) is 0.637. The van der Waals surface area contributed by atoms with Crippen LogP contribution in [-0.2, 0) is 25.1 Å². The fraction of sp³-hybridized carbons (Fsp3) is 0.609. The summed E-state index contributed by atoms with van der Waals surface area (Å²) in [6.45, 7) is 8.13. The number of nitriles is 1. The van der Waals surface area contributed by atoms with Crippen molar-refractivity contribution in [3.05, 3.63) is 29.8 Å². The molecule has 2 rings (SSSR count). The molecule has 0 unspecified atom stereocenters. The molecule has 0 saturated carbocycles. The maximum Gasteiger partial charge on any atom is 0.408 e. The highest BCUT2D eigenvalue weighted by atomic mass is 32.2. The van der Waals surface area contributed by atoms with E-state index in [1.54, 1.807) is 45.0 Å². The Morgan fingerprint density at radius 1 is 1.21 bits per heavy atom. The molecule has 182 valence electrons. The van der Waals surface area contributed by atoms with E-state index in [9.17, 15) is 23.3 Å². The van der Waals surface area contributed by atoms with Gasteiger partial charge in [0.15, 0.2) is 9.84 Å². The molecule has 1 aromatic carbocycles. The van der Waals surface area contributed by atoms with Crippen LogP contribution in [0.2, 0.25) is 0 Å². The number of alkyl carbamates (subject to hydrolysis) is 1. The third-order valence-electron chi connectivity index (χ3n) is 5.61. The topological polar surface area (TPSA) is 126 Å². The number of nitrogens with zero attached hydrogens (tertiary/aromatic N) is 2. The Labute approximate surface area is 196 Å². The highest BCUT2D eigenvalue weighted by Gasteiger charge is 2.49. The molecule has 0 aromatic heterocycles. The predicted octanol–water partition coefficient (Wildman–Crippen LogP) is 2.80. The van der Waals surface area contributed by atoms with E-state index in [0.29, 0.717) is 30.7 Å². The molecule has 1 fully saturated rings. The minimum atomic E-state index is -3.96. The van der Waals surface area contributed by atoms with Crippen LogP contribution in [0.25, 0.3) is 0 Å². The number of hydrogen-bond acceptors (Lipinski definition) is 7. The highest BCUT2D eigenvalue weighted by Crippen LogP contribution is 2.29. The first-order valence-electron chi connectivity index (χ1n) is 10.8. The van der Waals surface area contributed by atoms with Crippen molar-refractivity contribution in [2.45, 2.75) is 75.6 Å². The van der Waals surface area contributed by atoms with Crippen molar-refractivity contribution in [3.8, 4) is 11.8 Å². The second-order valence-corrected chi connectivity index (χ2v) is 12.2. The van der Waals surface area contributed by atoms with Gasteiger partial charge < -0.3 is 19.7 Å². The fourth-order valence-electron chi connectivity index (χ4n) is 3.60. The Morgan fingerprint density at radius 3 is 2.33 bits per heavy atom. The summed E-state index contributed by atoms with van der Waals surface area (Å²) in [5.41, 5.74) is -0.324. The van der Waals surface area contributed by atoms with E-state index >= 15 is 0 Å². The summed E-state index contributed by atoms with van der Waals surface area (Å²) < 4.78 is 35.7. The molecular formula is C23H33N3O6S. The molecular weight excluding hydrogens is 446 g/mol. The van der Waals surface area contributed by atoms with E-state index in [1.807, 2.05) is 0 Å². The van der Waals surface area contributed by atoms with E-state index < -0.39 is 44.3 Å². The van der Waals surface area contributed by atoms with Gasteiger partial charge >= 0.3 is 6.09 Å². The molecule has 1 aliphatic rings. The van der Waals surface area contributed by atoms with E-state index in [0.717, 1.165) is 0 Å². The van der Waals surface area contributed by atoms with Gasteiger partial charge in [-0.15, -0.1) is 0 Å². The summed E-state index contributed by atoms with van der Waals surface area (Å²) in [6, 6.07) is 6.55. The number of nitrogens with one attached hydrogen (secondary N) is 1. The van der Waals surface area contributed by atoms with Gasteiger partial charge in [-0.2, -0.15) is 5.26 Å². The molecule has 2 amide bonds. The van der Waals surface area contributed by atoms with E-state index in [-0.39, 0.29) is 5.75 Å². The molecule has 1 saturated heterocycles. The molecule has 9 nitrogen and oxygen atoms in total. The number of carbonyl (C=O) groups is 2. The molecule has 0 spiro atoms. The molecule has 0 radical (unpaired) electrons. The lowest BCUT2D eigenvalue weighted by Gasteiger charge is -2.36. The lowest BCUT2D eigenvalue weighted by Crippen LogP contribution is -2.62. The number of likely N-dealkylation sites (tertiary alicyclic amines) is 1. The first-order valence-corrected chi connectivity index (χ1v) is 12.4. The summed E-state index contributed by atoms with van der Waals surface area (Å²) in [6.07, 6.45) is 0.226. The summed E-state index contributed by atoms with van der Waals surface area (Å²) in [7, 11) is -2.45. The highest BCUT2D eigenvalue weighted by molar-refractivity contribution is 7.92. The lowest BCUT2D eigenvalue weighted by molar-refractivity contribution is -0.134. The largest absolute Gasteiger partial charge is 0.497 e. The van der Waals surface area contributed by atoms with Crippen molar-refractivity contribution >= 4 is 21.8 Å². The monoisotopic (exact) mass is 479 g/mol. The summed E-state index contributed by atoms with van der Waals surface area (Å²) in [5, 5.41) is 11.9. The summed E-state index contributed by atoms with van der Waals surface area (Å²) in [5.74, 6) is -0.370. The molecule has 10 heteroatoms. The number of sulfone groups is 1. The lowest BCUT2D eigenvalue weighted by atomic mass is 10.0. The Balaban J connectivity index is 2.39. The van der Waals surface area contributed by atoms with Crippen LogP contribution >= 0.6 is 0 Å². The maximum absolute atomic E-state index is 13.5. The third kappa shape index (κ3) is 6.38. The van der Waals surface area contributed by atoms with E-state index in [4.69, 9.17) is 9.47 Å². The minimum Gasteiger partial charge on any atom is -0.497 e. The molecule has 0 aliphatic carbocycles. The molecule has 0 bridgehead atoms. The minimum absolute atomic E-state index is 0.318. The van der Waals surface area contributed by atoms with Crippen LogP contribution < -0.4 is 10.1 Å². The van der Waals surface area contributed by atoms with Gasteiger partial charge in [0.1, 0.15) is 23.4 Å². The van der Waals surface area contributed by atoms with Crippen molar-refractivity contribution in [1.82, 2.24) is 10.2 Å². The number of rotatable bonds is 7. The summed E-state index contributed by atoms with van der Waals surface area (Å²) in [4.78, 5) is 27.4. The van der Waals surface area contributed by atoms with Crippen LogP contribution in [0.3, 0.4) is 0 Å². The van der Waals surface area contributed by atoms with Crippen LogP contribution in [0.15, 0.2) is 24.3 Å². The van der Waals surface area contributed by atoms with Crippen molar-refractivity contribution < 1.29 is 27.5 Å². The smallest absolute Gasteiger partial charge is 0.408 e. The van der Waals surface area contributed by atoms with Crippen molar-refractivity contribution in [2.24, 2.45) is 0 Å². The zero-order valence-electron chi connectivity index (χ0n) is 20.0. The molecule has 1 aliphatic heterocycles. The standard InChI is InChI=1S/C23H33N3O6S/c1-22(2,3)32-21(28)25-19(20(27)26-13-7-8-17(26)14-24)23(4,5)33(29,30)15-16-9-11-18(31-6)12-10-16/h9-12,17,19H,7-8,13,15H2,1-6H3,(H,25,28)/t17-,19+/m0/s1. The normalized spacial score (nSPS) is 17.7. The third-order valence-corrected chi connectivity index (χ3v) is 8.16. The van der Waals surface area contributed by atoms with Gasteiger partial charge in [0, 0.05) is 6.54 Å². The van der Waals surface area contributed by atoms with Gasteiger partial charge in [-0.25, -0.2) is 13.2 Å². The second kappa shape index (κ2) is 10.00. The number of methoxy groups -OCH3 is 1. The average molecular weight is 480 g/mol. The van der Waals surface area contributed by atoms with Gasteiger partial charge in [-0.05, 0) is 65.2 Å². The molecule has 1 heterocycles. The number of amides is 2. The van der Waals surface area contributed by atoms with Crippen molar-refractivity contribution in [1.29, 1.82) is 5.26 Å². The molecule has 33 heavy (non-hydrogen) atoms. The van der Waals surface area contributed by atoms with Gasteiger partial charge in [0.05, 0.1) is 23.7 Å². The maximum atomic E-state index is 13.5. The van der Waals surface area contributed by atoms with E-state index in [1.165, 1.54) is 25.9 Å². The number of benzene rings is 1. The van der Waals surface area contributed by atoms with Crippen LogP contribution in [0.1, 0.15) is 53.0 Å².